The summed E-state index contributed by atoms with van der Waals surface area (Å²) in [4.78, 5) is 0. The highest BCUT2D eigenvalue weighted by Gasteiger charge is 2.02. The molecule has 0 bridgehead atoms. The highest BCUT2D eigenvalue weighted by atomic mass is 14.6. The Hall–Kier alpha value is -1.08. The van der Waals surface area contributed by atoms with Gasteiger partial charge in [-0.05, 0) is 18.9 Å². The molecule has 64 valence electrons. The lowest BCUT2D eigenvalue weighted by atomic mass is 10.0. The summed E-state index contributed by atoms with van der Waals surface area (Å²) in [5.74, 6) is 0. The van der Waals surface area contributed by atoms with E-state index in [4.69, 9.17) is 5.73 Å². The summed E-state index contributed by atoms with van der Waals surface area (Å²) in [6.07, 6.45) is 0.885. The van der Waals surface area contributed by atoms with Gasteiger partial charge in [-0.3, -0.25) is 0 Å². The zero-order valence-electron chi connectivity index (χ0n) is 7.46. The zero-order valence-corrected chi connectivity index (χ0v) is 7.46. The molecule has 2 N–H and O–H groups in total. The number of nitrogens with two attached hydrogens (primary N) is 1. The van der Waals surface area contributed by atoms with Crippen molar-refractivity contribution in [1.82, 2.24) is 0 Å². The van der Waals surface area contributed by atoms with Crippen LogP contribution in [0.15, 0.2) is 42.5 Å². The van der Waals surface area contributed by atoms with E-state index in [0.717, 1.165) is 12.0 Å². The summed E-state index contributed by atoms with van der Waals surface area (Å²) in [5, 5.41) is 0. The lowest BCUT2D eigenvalue weighted by Crippen LogP contribution is -2.23. The van der Waals surface area contributed by atoms with Crippen LogP contribution in [0.2, 0.25) is 0 Å². The van der Waals surface area contributed by atoms with Gasteiger partial charge in [0.15, 0.2) is 0 Å². The van der Waals surface area contributed by atoms with E-state index in [1.54, 1.807) is 0 Å². The molecular weight excluding hydrogens is 146 g/mol. The molecule has 0 spiro atoms. The maximum Gasteiger partial charge on any atom is 0.0289 e. The Kier molecular flexibility index (Phi) is 3.06. The number of benzene rings is 1. The van der Waals surface area contributed by atoms with Crippen LogP contribution in [0.1, 0.15) is 12.5 Å². The summed E-state index contributed by atoms with van der Waals surface area (Å²) in [6.45, 7) is 5.79. The summed E-state index contributed by atoms with van der Waals surface area (Å²) >= 11 is 0. The van der Waals surface area contributed by atoms with Crippen molar-refractivity contribution in [3.05, 3.63) is 48.0 Å². The van der Waals surface area contributed by atoms with Gasteiger partial charge in [0.2, 0.25) is 0 Å². The molecule has 0 heterocycles. The van der Waals surface area contributed by atoms with Crippen molar-refractivity contribution in [2.24, 2.45) is 5.73 Å². The molecular formula is C11H15N. The highest BCUT2D eigenvalue weighted by molar-refractivity contribution is 5.18. The summed E-state index contributed by atoms with van der Waals surface area (Å²) in [5.41, 5.74) is 8.16. The molecule has 0 amide bonds. The van der Waals surface area contributed by atoms with Gasteiger partial charge in [0, 0.05) is 6.04 Å². The molecule has 0 saturated carbocycles. The quantitative estimate of drug-likeness (QED) is 0.675. The molecule has 1 nitrogen and oxygen atoms in total. The Bertz CT molecular complexity index is 251. The molecule has 0 aliphatic heterocycles. The first-order valence-corrected chi connectivity index (χ1v) is 4.15. The zero-order chi connectivity index (χ0) is 8.97. The van der Waals surface area contributed by atoms with Crippen LogP contribution in [0, 0.1) is 0 Å². The van der Waals surface area contributed by atoms with E-state index in [1.165, 1.54) is 5.56 Å². The van der Waals surface area contributed by atoms with Crippen LogP contribution in [0.3, 0.4) is 0 Å². The summed E-state index contributed by atoms with van der Waals surface area (Å²) in [7, 11) is 0. The van der Waals surface area contributed by atoms with Gasteiger partial charge in [-0.1, -0.05) is 42.5 Å². The van der Waals surface area contributed by atoms with Crippen molar-refractivity contribution in [1.29, 1.82) is 0 Å². The van der Waals surface area contributed by atoms with Gasteiger partial charge >= 0.3 is 0 Å². The molecule has 1 aromatic rings. The van der Waals surface area contributed by atoms with Crippen molar-refractivity contribution in [2.75, 3.05) is 0 Å². The van der Waals surface area contributed by atoms with E-state index >= 15 is 0 Å². The van der Waals surface area contributed by atoms with Crippen LogP contribution in [0.25, 0.3) is 0 Å². The maximum absolute atomic E-state index is 5.85. The Morgan fingerprint density at radius 1 is 1.42 bits per heavy atom. The fraction of sp³-hybridized carbons (Fsp3) is 0.273. The lowest BCUT2D eigenvalue weighted by Gasteiger charge is -2.10. The minimum Gasteiger partial charge on any atom is -0.324 e. The van der Waals surface area contributed by atoms with E-state index in [2.05, 4.69) is 18.7 Å². The first kappa shape index (κ1) is 9.01. The molecule has 1 rings (SSSR count). The van der Waals surface area contributed by atoms with Crippen molar-refractivity contribution < 1.29 is 0 Å². The average molecular weight is 161 g/mol. The van der Waals surface area contributed by atoms with Gasteiger partial charge < -0.3 is 5.73 Å². The van der Waals surface area contributed by atoms with Crippen LogP contribution < -0.4 is 5.73 Å². The van der Waals surface area contributed by atoms with Crippen molar-refractivity contribution in [3.63, 3.8) is 0 Å². The normalized spacial score (nSPS) is 12.5. The Morgan fingerprint density at radius 2 is 2.00 bits per heavy atom. The first-order valence-electron chi connectivity index (χ1n) is 4.15. The molecule has 0 saturated heterocycles. The van der Waals surface area contributed by atoms with Crippen molar-refractivity contribution in [2.45, 2.75) is 19.4 Å². The minimum atomic E-state index is 0.0902. The van der Waals surface area contributed by atoms with Crippen LogP contribution in [-0.4, -0.2) is 6.04 Å². The van der Waals surface area contributed by atoms with Gasteiger partial charge in [0.25, 0.3) is 0 Å². The van der Waals surface area contributed by atoms with E-state index in [-0.39, 0.29) is 6.04 Å². The van der Waals surface area contributed by atoms with E-state index in [1.807, 2.05) is 25.1 Å². The van der Waals surface area contributed by atoms with Gasteiger partial charge in [-0.2, -0.15) is 0 Å². The van der Waals surface area contributed by atoms with Gasteiger partial charge in [0.05, 0.1) is 0 Å². The third-order valence-electron chi connectivity index (χ3n) is 1.93. The molecule has 1 atom stereocenters. The van der Waals surface area contributed by atoms with Gasteiger partial charge in [0.1, 0.15) is 0 Å². The van der Waals surface area contributed by atoms with E-state index in [9.17, 15) is 0 Å². The van der Waals surface area contributed by atoms with Gasteiger partial charge in [-0.15, -0.1) is 0 Å². The predicted octanol–water partition coefficient (Wildman–Crippen LogP) is 2.13. The smallest absolute Gasteiger partial charge is 0.0289 e. The fourth-order valence-corrected chi connectivity index (χ4v) is 1.04. The topological polar surface area (TPSA) is 26.0 Å². The maximum atomic E-state index is 5.85. The molecule has 0 aliphatic rings. The van der Waals surface area contributed by atoms with E-state index < -0.39 is 0 Å². The molecule has 0 aliphatic carbocycles. The summed E-state index contributed by atoms with van der Waals surface area (Å²) in [6, 6.07) is 10.3. The largest absolute Gasteiger partial charge is 0.324 e. The Labute approximate surface area is 73.9 Å². The molecule has 12 heavy (non-hydrogen) atoms. The van der Waals surface area contributed by atoms with Crippen LogP contribution >= 0.6 is 0 Å². The molecule has 0 fully saturated rings. The monoisotopic (exact) mass is 161 g/mol. The Balaban J connectivity index is 2.58. The highest BCUT2D eigenvalue weighted by Crippen LogP contribution is 2.05. The van der Waals surface area contributed by atoms with Crippen molar-refractivity contribution >= 4 is 0 Å². The lowest BCUT2D eigenvalue weighted by molar-refractivity contribution is 0.767. The Morgan fingerprint density at radius 3 is 2.50 bits per heavy atom. The first-order chi connectivity index (χ1) is 5.70. The number of rotatable bonds is 3. The molecule has 1 heteroatoms. The second kappa shape index (κ2) is 4.07. The fourth-order valence-electron chi connectivity index (χ4n) is 1.04. The van der Waals surface area contributed by atoms with Crippen LogP contribution in [0.5, 0.6) is 0 Å². The third kappa shape index (κ3) is 2.51. The molecule has 0 aromatic heterocycles. The van der Waals surface area contributed by atoms with Crippen LogP contribution in [0.4, 0.5) is 0 Å². The SMILES string of the molecule is C=C(C)[C@H](N)Cc1ccccc1. The molecule has 0 unspecified atom stereocenters. The predicted molar refractivity (Wildman–Crippen MR) is 52.9 cm³/mol. The third-order valence-corrected chi connectivity index (χ3v) is 1.93. The average Bonchev–Trinajstić information content (AvgIpc) is 2.06. The van der Waals surface area contributed by atoms with Crippen molar-refractivity contribution in [3.8, 4) is 0 Å². The second-order valence-electron chi connectivity index (χ2n) is 3.14. The standard InChI is InChI=1S/C11H15N/c1-9(2)11(12)8-10-6-4-3-5-7-10/h3-7,11H,1,8,12H2,2H3/t11-/m1/s1. The number of hydrogen-bond acceptors (Lipinski definition) is 1. The number of hydrogen-bond donors (Lipinski definition) is 1. The molecule has 0 radical (unpaired) electrons. The van der Waals surface area contributed by atoms with Crippen LogP contribution in [-0.2, 0) is 6.42 Å². The van der Waals surface area contributed by atoms with E-state index in [0.29, 0.717) is 0 Å². The van der Waals surface area contributed by atoms with Gasteiger partial charge in [-0.25, -0.2) is 0 Å². The molecule has 1 aromatic carbocycles. The minimum absolute atomic E-state index is 0.0902. The summed E-state index contributed by atoms with van der Waals surface area (Å²) < 4.78 is 0. The second-order valence-corrected chi connectivity index (χ2v) is 3.14.